The first-order valence-corrected chi connectivity index (χ1v) is 7.62. The molecule has 0 radical (unpaired) electrons. The molecule has 4 nitrogen and oxygen atoms in total. The smallest absolute Gasteiger partial charge is 0.241 e. The van der Waals surface area contributed by atoms with Crippen molar-refractivity contribution in [2.45, 2.75) is 45.4 Å². The van der Waals surface area contributed by atoms with E-state index in [1.54, 1.807) is 6.07 Å². The van der Waals surface area contributed by atoms with Gasteiger partial charge < -0.3 is 15.8 Å². The molecule has 0 heterocycles. The number of rotatable bonds is 5. The third-order valence-electron chi connectivity index (χ3n) is 4.58. The Morgan fingerprint density at radius 3 is 2.73 bits per heavy atom. The summed E-state index contributed by atoms with van der Waals surface area (Å²) in [6.45, 7) is 6.97. The van der Waals surface area contributed by atoms with Crippen molar-refractivity contribution in [2.24, 2.45) is 11.1 Å². The zero-order valence-corrected chi connectivity index (χ0v) is 14.8. The molecule has 2 atom stereocenters. The fraction of sp³-hybridized carbons (Fsp3) is 0.562. The van der Waals surface area contributed by atoms with Gasteiger partial charge in [0.1, 0.15) is 5.54 Å². The van der Waals surface area contributed by atoms with Crippen molar-refractivity contribution < 1.29 is 9.53 Å². The Bertz CT molecular complexity index is 537. The van der Waals surface area contributed by atoms with Crippen LogP contribution in [0.5, 0.6) is 0 Å². The molecule has 1 aromatic carbocycles. The van der Waals surface area contributed by atoms with Gasteiger partial charge in [-0.25, -0.2) is 0 Å². The highest BCUT2D eigenvalue weighted by Crippen LogP contribution is 2.49. The predicted octanol–water partition coefficient (Wildman–Crippen LogP) is 2.91. The first-order chi connectivity index (χ1) is 9.81. The maximum absolute atomic E-state index is 12.4. The normalized spacial score (nSPS) is 25.8. The standard InChI is InChI=1S/C16H23ClN2O2.ClH/c1-4-21-13-9-16(18,15(13,2)3)14(20)19-10-11-6-5-7-12(17)8-11;/h5-8,13H,4,9-10,18H2,1-3H3,(H,19,20);1H. The number of hydrogen-bond donors (Lipinski definition) is 2. The van der Waals surface area contributed by atoms with Crippen LogP contribution in [0.25, 0.3) is 0 Å². The summed E-state index contributed by atoms with van der Waals surface area (Å²) in [7, 11) is 0. The summed E-state index contributed by atoms with van der Waals surface area (Å²) in [5, 5.41) is 3.57. The second-order valence-corrected chi connectivity index (χ2v) is 6.59. The molecule has 0 saturated heterocycles. The lowest BCUT2D eigenvalue weighted by molar-refractivity contribution is -0.170. The quantitative estimate of drug-likeness (QED) is 0.861. The monoisotopic (exact) mass is 346 g/mol. The van der Waals surface area contributed by atoms with Crippen LogP contribution >= 0.6 is 24.0 Å². The highest BCUT2D eigenvalue weighted by Gasteiger charge is 2.62. The van der Waals surface area contributed by atoms with Gasteiger partial charge in [-0.1, -0.05) is 37.6 Å². The molecule has 1 aliphatic carbocycles. The average Bonchev–Trinajstić information content (AvgIpc) is 2.44. The summed E-state index contributed by atoms with van der Waals surface area (Å²) < 4.78 is 5.64. The summed E-state index contributed by atoms with van der Waals surface area (Å²) >= 11 is 5.93. The molecule has 22 heavy (non-hydrogen) atoms. The summed E-state index contributed by atoms with van der Waals surface area (Å²) in [5.74, 6) is -0.136. The van der Waals surface area contributed by atoms with Crippen LogP contribution in [-0.2, 0) is 16.1 Å². The van der Waals surface area contributed by atoms with Gasteiger partial charge in [-0.3, -0.25) is 4.79 Å². The van der Waals surface area contributed by atoms with Gasteiger partial charge >= 0.3 is 0 Å². The molecule has 1 fully saturated rings. The van der Waals surface area contributed by atoms with E-state index in [4.69, 9.17) is 22.1 Å². The van der Waals surface area contributed by atoms with Gasteiger partial charge in [0, 0.05) is 30.0 Å². The third-order valence-corrected chi connectivity index (χ3v) is 4.81. The minimum Gasteiger partial charge on any atom is -0.378 e. The minimum atomic E-state index is -0.884. The predicted molar refractivity (Wildman–Crippen MR) is 91.3 cm³/mol. The Morgan fingerprint density at radius 2 is 2.18 bits per heavy atom. The molecule has 1 aromatic rings. The van der Waals surface area contributed by atoms with Gasteiger partial charge in [0.2, 0.25) is 5.91 Å². The third kappa shape index (κ3) is 3.40. The van der Waals surface area contributed by atoms with E-state index in [2.05, 4.69) is 5.32 Å². The molecule has 0 aromatic heterocycles. The Labute approximate surface area is 143 Å². The number of nitrogens with two attached hydrogens (primary N) is 1. The maximum Gasteiger partial charge on any atom is 0.241 e. The molecule has 2 rings (SSSR count). The van der Waals surface area contributed by atoms with E-state index < -0.39 is 5.54 Å². The number of hydrogen-bond acceptors (Lipinski definition) is 3. The highest BCUT2D eigenvalue weighted by molar-refractivity contribution is 6.30. The zero-order chi connectivity index (χ0) is 15.7. The lowest BCUT2D eigenvalue weighted by Crippen LogP contribution is -2.75. The van der Waals surface area contributed by atoms with Crippen molar-refractivity contribution in [1.82, 2.24) is 5.32 Å². The first kappa shape index (κ1) is 19.2. The second kappa shape index (κ2) is 7.18. The lowest BCUT2D eigenvalue weighted by atomic mass is 9.54. The summed E-state index contributed by atoms with van der Waals surface area (Å²) in [6, 6.07) is 7.42. The number of amides is 1. The van der Waals surface area contributed by atoms with Gasteiger partial charge in [-0.05, 0) is 24.6 Å². The van der Waals surface area contributed by atoms with E-state index in [-0.39, 0.29) is 29.8 Å². The average molecular weight is 347 g/mol. The number of carbonyl (C=O) groups excluding carboxylic acids is 1. The molecule has 1 saturated carbocycles. The Balaban J connectivity index is 0.00000242. The number of carbonyl (C=O) groups is 1. The van der Waals surface area contributed by atoms with Crippen molar-refractivity contribution in [2.75, 3.05) is 6.61 Å². The van der Waals surface area contributed by atoms with Crippen LogP contribution in [-0.4, -0.2) is 24.2 Å². The largest absolute Gasteiger partial charge is 0.378 e. The van der Waals surface area contributed by atoms with Gasteiger partial charge in [-0.2, -0.15) is 0 Å². The summed E-state index contributed by atoms with van der Waals surface area (Å²) in [5.41, 5.74) is 6.02. The summed E-state index contributed by atoms with van der Waals surface area (Å²) in [4.78, 5) is 12.4. The van der Waals surface area contributed by atoms with Gasteiger partial charge in [0.15, 0.2) is 0 Å². The maximum atomic E-state index is 12.4. The molecule has 0 bridgehead atoms. The van der Waals surface area contributed by atoms with Crippen molar-refractivity contribution in [3.05, 3.63) is 34.9 Å². The van der Waals surface area contributed by atoms with Crippen molar-refractivity contribution in [3.63, 3.8) is 0 Å². The number of ether oxygens (including phenoxy) is 1. The van der Waals surface area contributed by atoms with E-state index in [1.807, 2.05) is 39.0 Å². The number of nitrogens with one attached hydrogen (secondary N) is 1. The minimum absolute atomic E-state index is 0. The molecule has 0 spiro atoms. The molecule has 3 N–H and O–H groups in total. The topological polar surface area (TPSA) is 64.3 Å². The molecule has 1 aliphatic rings. The van der Waals surface area contributed by atoms with Crippen LogP contribution in [0.4, 0.5) is 0 Å². The highest BCUT2D eigenvalue weighted by atomic mass is 35.5. The zero-order valence-electron chi connectivity index (χ0n) is 13.2. The van der Waals surface area contributed by atoms with Gasteiger partial charge in [-0.15, -0.1) is 12.4 Å². The molecule has 6 heteroatoms. The molecular weight excluding hydrogens is 323 g/mol. The lowest BCUT2D eigenvalue weighted by Gasteiger charge is -2.57. The molecular formula is C16H24Cl2N2O2. The fourth-order valence-corrected chi connectivity index (χ4v) is 3.02. The molecule has 1 amide bonds. The summed E-state index contributed by atoms with van der Waals surface area (Å²) in [6.07, 6.45) is 0.583. The van der Waals surface area contributed by atoms with Crippen molar-refractivity contribution >= 4 is 29.9 Å². The fourth-order valence-electron chi connectivity index (χ4n) is 2.81. The van der Waals surface area contributed by atoms with Crippen LogP contribution in [0.2, 0.25) is 5.02 Å². The van der Waals surface area contributed by atoms with Crippen LogP contribution in [0.3, 0.4) is 0 Å². The van der Waals surface area contributed by atoms with Crippen LogP contribution in [0.1, 0.15) is 32.8 Å². The molecule has 0 aliphatic heterocycles. The van der Waals surface area contributed by atoms with Crippen molar-refractivity contribution in [3.8, 4) is 0 Å². The molecule has 124 valence electrons. The number of benzene rings is 1. The van der Waals surface area contributed by atoms with Gasteiger partial charge in [0.25, 0.3) is 0 Å². The van der Waals surface area contributed by atoms with Crippen LogP contribution in [0, 0.1) is 5.41 Å². The van der Waals surface area contributed by atoms with E-state index in [0.29, 0.717) is 24.6 Å². The Kier molecular flexibility index (Phi) is 6.27. The Morgan fingerprint density at radius 1 is 1.50 bits per heavy atom. The van der Waals surface area contributed by atoms with Crippen LogP contribution in [0.15, 0.2) is 24.3 Å². The van der Waals surface area contributed by atoms with Gasteiger partial charge in [0.05, 0.1) is 6.10 Å². The van der Waals surface area contributed by atoms with Crippen LogP contribution < -0.4 is 11.1 Å². The Hall–Kier alpha value is -0.810. The molecule has 2 unspecified atom stereocenters. The van der Waals surface area contributed by atoms with E-state index in [1.165, 1.54) is 0 Å². The SMILES string of the molecule is CCOC1CC(N)(C(=O)NCc2cccc(Cl)c2)C1(C)C.Cl. The number of halogens is 2. The van der Waals surface area contributed by atoms with E-state index in [0.717, 1.165) is 5.56 Å². The van der Waals surface area contributed by atoms with E-state index in [9.17, 15) is 4.79 Å². The van der Waals surface area contributed by atoms with Crippen molar-refractivity contribution in [1.29, 1.82) is 0 Å². The van der Waals surface area contributed by atoms with E-state index >= 15 is 0 Å². The first-order valence-electron chi connectivity index (χ1n) is 7.24. The second-order valence-electron chi connectivity index (χ2n) is 6.15.